The Morgan fingerprint density at radius 3 is 2.24 bits per heavy atom. The number of para-hydroxylation sites is 1. The van der Waals surface area contributed by atoms with Crippen molar-refractivity contribution in [3.63, 3.8) is 0 Å². The van der Waals surface area contributed by atoms with Crippen LogP contribution in [0.3, 0.4) is 0 Å². The van der Waals surface area contributed by atoms with Crippen LogP contribution >= 0.6 is 0 Å². The Kier molecular flexibility index (Phi) is 4.17. The number of aromatic nitrogens is 1. The van der Waals surface area contributed by atoms with Crippen molar-refractivity contribution < 1.29 is 9.59 Å². The molecule has 4 nitrogen and oxygen atoms in total. The molecular formula is C17H18N2O2. The van der Waals surface area contributed by atoms with Crippen molar-refractivity contribution in [1.29, 1.82) is 0 Å². The van der Waals surface area contributed by atoms with Crippen LogP contribution in [0.25, 0.3) is 0 Å². The van der Waals surface area contributed by atoms with Gasteiger partial charge in [-0.1, -0.05) is 32.9 Å². The van der Waals surface area contributed by atoms with Gasteiger partial charge in [0.15, 0.2) is 5.78 Å². The van der Waals surface area contributed by atoms with Crippen molar-refractivity contribution in [2.75, 3.05) is 5.32 Å². The Bertz CT molecular complexity index is 658. The van der Waals surface area contributed by atoms with Gasteiger partial charge in [-0.2, -0.15) is 0 Å². The fraction of sp³-hybridized carbons (Fsp3) is 0.235. The monoisotopic (exact) mass is 282 g/mol. The van der Waals surface area contributed by atoms with Crippen LogP contribution in [-0.2, 0) is 4.79 Å². The molecule has 2 aromatic rings. The van der Waals surface area contributed by atoms with Gasteiger partial charge in [-0.15, -0.1) is 0 Å². The second-order valence-electron chi connectivity index (χ2n) is 5.81. The summed E-state index contributed by atoms with van der Waals surface area (Å²) in [6, 6.07) is 10.3. The summed E-state index contributed by atoms with van der Waals surface area (Å²) >= 11 is 0. The Morgan fingerprint density at radius 2 is 1.62 bits per heavy atom. The first-order valence-electron chi connectivity index (χ1n) is 6.75. The number of ketones is 1. The number of carbonyl (C=O) groups is 2. The molecule has 0 bridgehead atoms. The highest BCUT2D eigenvalue weighted by atomic mass is 16.2. The second-order valence-corrected chi connectivity index (χ2v) is 5.81. The number of pyridine rings is 1. The van der Waals surface area contributed by atoms with Crippen LogP contribution < -0.4 is 5.32 Å². The standard InChI is InChI=1S/C17H18N2O2/c1-17(2,3)16(21)19-14-7-5-4-6-13(14)15(20)12-8-10-18-11-9-12/h4-11H,1-3H3,(H,19,21). The van der Waals surface area contributed by atoms with E-state index in [2.05, 4.69) is 10.3 Å². The molecule has 0 fully saturated rings. The molecule has 0 atom stereocenters. The summed E-state index contributed by atoms with van der Waals surface area (Å²) in [5, 5.41) is 2.83. The maximum absolute atomic E-state index is 12.5. The average molecular weight is 282 g/mol. The predicted molar refractivity (Wildman–Crippen MR) is 82.2 cm³/mol. The molecule has 0 spiro atoms. The van der Waals surface area contributed by atoms with E-state index >= 15 is 0 Å². The van der Waals surface area contributed by atoms with E-state index in [4.69, 9.17) is 0 Å². The van der Waals surface area contributed by atoms with Crippen LogP contribution in [0.1, 0.15) is 36.7 Å². The number of hydrogen-bond donors (Lipinski definition) is 1. The van der Waals surface area contributed by atoms with Gasteiger partial charge in [0, 0.05) is 28.9 Å². The zero-order valence-corrected chi connectivity index (χ0v) is 12.4. The maximum Gasteiger partial charge on any atom is 0.229 e. The number of rotatable bonds is 3. The van der Waals surface area contributed by atoms with E-state index in [0.29, 0.717) is 16.8 Å². The smallest absolute Gasteiger partial charge is 0.229 e. The summed E-state index contributed by atoms with van der Waals surface area (Å²) in [5.41, 5.74) is 1.02. The van der Waals surface area contributed by atoms with Crippen molar-refractivity contribution in [2.24, 2.45) is 5.41 Å². The minimum absolute atomic E-state index is 0.127. The third-order valence-electron chi connectivity index (χ3n) is 3.04. The number of anilines is 1. The van der Waals surface area contributed by atoms with Crippen LogP contribution in [-0.4, -0.2) is 16.7 Å². The van der Waals surface area contributed by atoms with E-state index in [1.54, 1.807) is 48.8 Å². The minimum Gasteiger partial charge on any atom is -0.325 e. The summed E-state index contributed by atoms with van der Waals surface area (Å²) in [4.78, 5) is 28.5. The number of nitrogens with zero attached hydrogens (tertiary/aromatic N) is 1. The van der Waals surface area contributed by atoms with Gasteiger partial charge >= 0.3 is 0 Å². The molecule has 21 heavy (non-hydrogen) atoms. The molecule has 1 amide bonds. The van der Waals surface area contributed by atoms with Crippen molar-refractivity contribution in [2.45, 2.75) is 20.8 Å². The van der Waals surface area contributed by atoms with Gasteiger partial charge in [0.25, 0.3) is 0 Å². The van der Waals surface area contributed by atoms with Crippen LogP contribution in [0.15, 0.2) is 48.8 Å². The van der Waals surface area contributed by atoms with Gasteiger partial charge in [0.05, 0.1) is 5.69 Å². The highest BCUT2D eigenvalue weighted by Crippen LogP contribution is 2.22. The first-order valence-corrected chi connectivity index (χ1v) is 6.75. The molecule has 108 valence electrons. The van der Waals surface area contributed by atoms with Crippen molar-refractivity contribution in [3.8, 4) is 0 Å². The van der Waals surface area contributed by atoms with Gasteiger partial charge in [-0.3, -0.25) is 14.6 Å². The summed E-state index contributed by atoms with van der Waals surface area (Å²) in [7, 11) is 0. The fourth-order valence-corrected chi connectivity index (χ4v) is 1.76. The molecule has 0 saturated heterocycles. The Labute approximate surface area is 124 Å². The number of benzene rings is 1. The largest absolute Gasteiger partial charge is 0.325 e. The van der Waals surface area contributed by atoms with Crippen molar-refractivity contribution >= 4 is 17.4 Å². The summed E-state index contributed by atoms with van der Waals surface area (Å²) in [6.07, 6.45) is 3.15. The summed E-state index contributed by atoms with van der Waals surface area (Å²) < 4.78 is 0. The predicted octanol–water partition coefficient (Wildman–Crippen LogP) is 3.30. The molecule has 0 aliphatic rings. The molecule has 2 rings (SSSR count). The normalized spacial score (nSPS) is 11.0. The fourth-order valence-electron chi connectivity index (χ4n) is 1.76. The van der Waals surface area contributed by atoms with Gasteiger partial charge in [0.2, 0.25) is 5.91 Å². The molecule has 4 heteroatoms. The minimum atomic E-state index is -0.521. The maximum atomic E-state index is 12.5. The van der Waals surface area contributed by atoms with Gasteiger partial charge in [-0.05, 0) is 24.3 Å². The van der Waals surface area contributed by atoms with E-state index in [1.807, 2.05) is 20.8 Å². The van der Waals surface area contributed by atoms with Crippen LogP contribution in [0, 0.1) is 5.41 Å². The number of amides is 1. The lowest BCUT2D eigenvalue weighted by Gasteiger charge is -2.19. The van der Waals surface area contributed by atoms with Crippen LogP contribution in [0.5, 0.6) is 0 Å². The number of nitrogens with one attached hydrogen (secondary N) is 1. The second kappa shape index (κ2) is 5.87. The molecule has 1 aromatic carbocycles. The van der Waals surface area contributed by atoms with E-state index in [0.717, 1.165) is 0 Å². The lowest BCUT2D eigenvalue weighted by atomic mass is 9.95. The SMILES string of the molecule is CC(C)(C)C(=O)Nc1ccccc1C(=O)c1ccncc1. The molecule has 0 radical (unpaired) electrons. The van der Waals surface area contributed by atoms with E-state index in [9.17, 15) is 9.59 Å². The van der Waals surface area contributed by atoms with Gasteiger partial charge < -0.3 is 5.32 Å². The van der Waals surface area contributed by atoms with Gasteiger partial charge in [0.1, 0.15) is 0 Å². The molecule has 0 unspecified atom stereocenters. The molecule has 1 aromatic heterocycles. The molecule has 0 aliphatic carbocycles. The van der Waals surface area contributed by atoms with Crippen LogP contribution in [0.2, 0.25) is 0 Å². The first kappa shape index (κ1) is 14.9. The van der Waals surface area contributed by atoms with E-state index < -0.39 is 5.41 Å². The molecule has 1 heterocycles. The lowest BCUT2D eigenvalue weighted by Crippen LogP contribution is -2.28. The number of carbonyl (C=O) groups excluding carboxylic acids is 2. The third-order valence-corrected chi connectivity index (χ3v) is 3.04. The highest BCUT2D eigenvalue weighted by molar-refractivity contribution is 6.14. The Hall–Kier alpha value is -2.49. The quantitative estimate of drug-likeness (QED) is 0.879. The molecular weight excluding hydrogens is 264 g/mol. The van der Waals surface area contributed by atoms with Crippen molar-refractivity contribution in [3.05, 3.63) is 59.9 Å². The molecule has 1 N–H and O–H groups in total. The van der Waals surface area contributed by atoms with E-state index in [-0.39, 0.29) is 11.7 Å². The topological polar surface area (TPSA) is 59.1 Å². The molecule has 0 aliphatic heterocycles. The molecule has 0 saturated carbocycles. The zero-order chi connectivity index (χ0) is 15.5. The summed E-state index contributed by atoms with van der Waals surface area (Å²) in [6.45, 7) is 5.49. The van der Waals surface area contributed by atoms with E-state index in [1.165, 1.54) is 0 Å². The zero-order valence-electron chi connectivity index (χ0n) is 12.4. The summed E-state index contributed by atoms with van der Waals surface area (Å²) in [5.74, 6) is -0.264. The highest BCUT2D eigenvalue weighted by Gasteiger charge is 2.23. The van der Waals surface area contributed by atoms with Crippen molar-refractivity contribution in [1.82, 2.24) is 4.98 Å². The van der Waals surface area contributed by atoms with Crippen LogP contribution in [0.4, 0.5) is 5.69 Å². The Morgan fingerprint density at radius 1 is 1.00 bits per heavy atom. The number of hydrogen-bond acceptors (Lipinski definition) is 3. The lowest BCUT2D eigenvalue weighted by molar-refractivity contribution is -0.123. The average Bonchev–Trinajstić information content (AvgIpc) is 2.47. The first-order chi connectivity index (χ1) is 9.89. The van der Waals surface area contributed by atoms with Gasteiger partial charge in [-0.25, -0.2) is 0 Å². The third kappa shape index (κ3) is 3.54. The Balaban J connectivity index is 2.34.